The number of benzene rings is 2. The van der Waals surface area contributed by atoms with Gasteiger partial charge in [0.25, 0.3) is 5.91 Å². The highest BCUT2D eigenvalue weighted by molar-refractivity contribution is 5.85. The molecule has 1 atom stereocenters. The molecule has 326 valence electrons. The fraction of sp³-hybridized carbons (Fsp3) is 0.578. The molecule has 3 heterocycles. The summed E-state index contributed by atoms with van der Waals surface area (Å²) in [5.41, 5.74) is 1.30. The molecule has 0 spiro atoms. The van der Waals surface area contributed by atoms with E-state index in [-0.39, 0.29) is 43.0 Å². The second-order valence-corrected chi connectivity index (χ2v) is 18.4. The molecule has 0 unspecified atom stereocenters. The summed E-state index contributed by atoms with van der Waals surface area (Å²) in [7, 11) is 0. The van der Waals surface area contributed by atoms with E-state index in [1.807, 2.05) is 88.9 Å². The lowest BCUT2D eigenvalue weighted by atomic mass is 9.95. The number of carbonyl (C=O) groups is 4. The van der Waals surface area contributed by atoms with Crippen molar-refractivity contribution in [2.24, 2.45) is 5.92 Å². The molecule has 6 rings (SSSR count). The summed E-state index contributed by atoms with van der Waals surface area (Å²) in [5, 5.41) is 9.72. The molecule has 0 radical (unpaired) electrons. The molecule has 3 fully saturated rings. The van der Waals surface area contributed by atoms with Crippen LogP contribution in [-0.2, 0) is 25.6 Å². The monoisotopic (exact) mass is 829 g/mol. The van der Waals surface area contributed by atoms with E-state index in [0.717, 1.165) is 54.6 Å². The Hall–Kier alpha value is -5.47. The molecule has 60 heavy (non-hydrogen) atoms. The van der Waals surface area contributed by atoms with Crippen molar-refractivity contribution in [2.45, 2.75) is 110 Å². The summed E-state index contributed by atoms with van der Waals surface area (Å²) in [6.07, 6.45) is 6.28. The van der Waals surface area contributed by atoms with Gasteiger partial charge in [0.2, 0.25) is 5.91 Å². The zero-order chi connectivity index (χ0) is 43.2. The van der Waals surface area contributed by atoms with Gasteiger partial charge in [-0.15, -0.1) is 0 Å². The molecule has 2 saturated heterocycles. The summed E-state index contributed by atoms with van der Waals surface area (Å²) in [6, 6.07) is 14.0. The molecule has 4 amide bonds. The van der Waals surface area contributed by atoms with Crippen LogP contribution in [0.2, 0.25) is 0 Å². The van der Waals surface area contributed by atoms with Crippen LogP contribution in [0.5, 0.6) is 11.5 Å². The summed E-state index contributed by atoms with van der Waals surface area (Å²) in [5.74, 6) is 1.03. The molecule has 1 aliphatic carbocycles. The number of H-pyrrole nitrogens is 1. The quantitative estimate of drug-likeness (QED) is 0.179. The maximum absolute atomic E-state index is 14.4. The van der Waals surface area contributed by atoms with E-state index in [0.29, 0.717) is 50.8 Å². The van der Waals surface area contributed by atoms with Gasteiger partial charge in [-0.05, 0) is 105 Å². The number of carbonyl (C=O) groups excluding carboxylic acids is 4. The Kier molecular flexibility index (Phi) is 13.5. The highest BCUT2D eigenvalue weighted by atomic mass is 16.6. The van der Waals surface area contributed by atoms with Crippen LogP contribution in [0.15, 0.2) is 54.9 Å². The zero-order valence-corrected chi connectivity index (χ0v) is 36.5. The summed E-state index contributed by atoms with van der Waals surface area (Å²) in [4.78, 5) is 60.5. The van der Waals surface area contributed by atoms with Crippen LogP contribution in [-0.4, -0.2) is 124 Å². The average molecular weight is 830 g/mol. The van der Waals surface area contributed by atoms with Gasteiger partial charge in [0, 0.05) is 80.9 Å². The summed E-state index contributed by atoms with van der Waals surface area (Å²) >= 11 is 0. The van der Waals surface area contributed by atoms with Crippen molar-refractivity contribution in [1.29, 1.82) is 0 Å². The first-order chi connectivity index (χ1) is 28.3. The Labute approximate surface area is 354 Å². The number of hydrogen-bond donors (Lipinski definition) is 2. The number of piperidine rings is 1. The number of piperazine rings is 1. The molecule has 2 aromatic carbocycles. The minimum atomic E-state index is -1.14. The van der Waals surface area contributed by atoms with Crippen LogP contribution in [0.3, 0.4) is 0 Å². The first-order valence-electron chi connectivity index (χ1n) is 21.2. The van der Waals surface area contributed by atoms with Gasteiger partial charge in [0.05, 0.1) is 18.7 Å². The largest absolute Gasteiger partial charge is 0.491 e. The molecule has 2 aliphatic heterocycles. The van der Waals surface area contributed by atoms with Gasteiger partial charge in [-0.3, -0.25) is 14.7 Å². The lowest BCUT2D eigenvalue weighted by Crippen LogP contribution is -2.57. The predicted octanol–water partition coefficient (Wildman–Crippen LogP) is 6.62. The third kappa shape index (κ3) is 12.1. The van der Waals surface area contributed by atoms with Gasteiger partial charge in [-0.25, -0.2) is 9.59 Å². The van der Waals surface area contributed by atoms with Crippen LogP contribution in [0.1, 0.15) is 86.6 Å². The number of anilines is 1. The summed E-state index contributed by atoms with van der Waals surface area (Å²) < 4.78 is 23.4. The first kappa shape index (κ1) is 44.1. The van der Waals surface area contributed by atoms with Gasteiger partial charge in [0.15, 0.2) is 5.60 Å². The van der Waals surface area contributed by atoms with E-state index in [2.05, 4.69) is 20.4 Å². The van der Waals surface area contributed by atoms with Crippen LogP contribution >= 0.6 is 0 Å². The normalized spacial score (nSPS) is 17.5. The van der Waals surface area contributed by atoms with Gasteiger partial charge in [0.1, 0.15) is 29.3 Å². The van der Waals surface area contributed by atoms with Gasteiger partial charge in [-0.1, -0.05) is 18.2 Å². The fourth-order valence-corrected chi connectivity index (χ4v) is 7.55. The minimum absolute atomic E-state index is 0.148. The molecule has 15 heteroatoms. The molecular weight excluding hydrogens is 767 g/mol. The standard InChI is InChI=1S/C45H63N7O8/c1-43(2,3)59-41(55)46-18-24-57-38-25-31(14-17-37(38)33-27-47-48-28-33)29-52(34-15-16-34)39(53)32-11-10-19-51(30-32)35-12-9-13-36(26-35)58-45(7,8)40(54)49-20-22-50(23-21-49)42(56)60-44(4,5)6/h9,12-14,17,25-28,32,34H,10-11,15-16,18-24,29-30H2,1-8H3,(H,46,55)(H,47,48)/t32-/m1/s1. The lowest BCUT2D eigenvalue weighted by molar-refractivity contribution is -0.147. The van der Waals surface area contributed by atoms with E-state index in [4.69, 9.17) is 18.9 Å². The van der Waals surface area contributed by atoms with E-state index < -0.39 is 22.9 Å². The number of amides is 4. The van der Waals surface area contributed by atoms with E-state index in [1.54, 1.807) is 36.0 Å². The van der Waals surface area contributed by atoms with E-state index in [9.17, 15) is 19.2 Å². The number of alkyl carbamates (subject to hydrolysis) is 1. The summed E-state index contributed by atoms with van der Waals surface area (Å²) in [6.45, 7) is 18.4. The second kappa shape index (κ2) is 18.4. The van der Waals surface area contributed by atoms with Crippen molar-refractivity contribution in [3.63, 3.8) is 0 Å². The molecule has 2 N–H and O–H groups in total. The van der Waals surface area contributed by atoms with Gasteiger partial charge in [-0.2, -0.15) is 5.10 Å². The van der Waals surface area contributed by atoms with Crippen molar-refractivity contribution < 1.29 is 38.1 Å². The average Bonchev–Trinajstić information content (AvgIpc) is 3.89. The van der Waals surface area contributed by atoms with E-state index >= 15 is 0 Å². The highest BCUT2D eigenvalue weighted by Crippen LogP contribution is 2.36. The van der Waals surface area contributed by atoms with E-state index in [1.165, 1.54) is 0 Å². The predicted molar refractivity (Wildman–Crippen MR) is 228 cm³/mol. The maximum atomic E-state index is 14.4. The van der Waals surface area contributed by atoms with Crippen LogP contribution in [0.4, 0.5) is 15.3 Å². The maximum Gasteiger partial charge on any atom is 0.410 e. The zero-order valence-electron chi connectivity index (χ0n) is 36.5. The third-order valence-corrected chi connectivity index (χ3v) is 10.6. The molecule has 0 bridgehead atoms. The highest BCUT2D eigenvalue weighted by Gasteiger charge is 2.39. The molecular formula is C45H63N7O8. The number of nitrogens with zero attached hydrogens (tertiary/aromatic N) is 5. The number of nitrogens with one attached hydrogen (secondary N) is 2. The van der Waals surface area contributed by atoms with Crippen LogP contribution in [0.25, 0.3) is 11.1 Å². The van der Waals surface area contributed by atoms with Gasteiger partial charge >= 0.3 is 12.2 Å². The lowest BCUT2D eigenvalue weighted by Gasteiger charge is -2.39. The molecule has 1 aromatic heterocycles. The fourth-order valence-electron chi connectivity index (χ4n) is 7.55. The van der Waals surface area contributed by atoms with Crippen molar-refractivity contribution in [3.8, 4) is 22.6 Å². The molecule has 3 aliphatic rings. The first-order valence-corrected chi connectivity index (χ1v) is 21.2. The van der Waals surface area contributed by atoms with Crippen molar-refractivity contribution in [1.82, 2.24) is 30.2 Å². The number of rotatable bonds is 13. The number of aromatic amines is 1. The van der Waals surface area contributed by atoms with Gasteiger partial charge < -0.3 is 43.9 Å². The Morgan fingerprint density at radius 1 is 0.867 bits per heavy atom. The van der Waals surface area contributed by atoms with Crippen LogP contribution < -0.4 is 19.7 Å². The Balaban J connectivity index is 1.07. The number of ether oxygens (including phenoxy) is 4. The van der Waals surface area contributed by atoms with Crippen molar-refractivity contribution in [3.05, 3.63) is 60.4 Å². The molecule has 15 nitrogen and oxygen atoms in total. The Morgan fingerprint density at radius 3 is 2.25 bits per heavy atom. The molecule has 3 aromatic rings. The second-order valence-electron chi connectivity index (χ2n) is 18.4. The van der Waals surface area contributed by atoms with Crippen molar-refractivity contribution in [2.75, 3.05) is 57.3 Å². The SMILES string of the molecule is CC(C)(C)OC(=O)NCCOc1cc(CN(C(=O)[C@@H]2CCCN(c3cccc(OC(C)(C)C(=O)N4CCN(C(=O)OC(C)(C)C)CC4)c3)C2)C2CC2)ccc1-c1cn[nH]c1. The van der Waals surface area contributed by atoms with Crippen molar-refractivity contribution >= 4 is 29.7 Å². The Bertz CT molecular complexity index is 1960. The Morgan fingerprint density at radius 2 is 1.58 bits per heavy atom. The van der Waals surface area contributed by atoms with Crippen LogP contribution in [0, 0.1) is 5.92 Å². The number of aromatic nitrogens is 2. The third-order valence-electron chi connectivity index (χ3n) is 10.6. The topological polar surface area (TPSA) is 159 Å². The minimum Gasteiger partial charge on any atom is -0.491 e. The number of hydrogen-bond acceptors (Lipinski definition) is 10. The molecule has 1 saturated carbocycles. The smallest absolute Gasteiger partial charge is 0.410 e.